The van der Waals surface area contributed by atoms with E-state index in [-0.39, 0.29) is 6.04 Å². The first-order valence-electron chi connectivity index (χ1n) is 8.78. The van der Waals surface area contributed by atoms with Crippen LogP contribution < -0.4 is 5.73 Å². The Labute approximate surface area is 133 Å². The molecule has 1 aromatic rings. The zero-order valence-electron chi connectivity index (χ0n) is 13.6. The van der Waals surface area contributed by atoms with Crippen LogP contribution in [-0.2, 0) is 0 Å². The van der Waals surface area contributed by atoms with Crippen LogP contribution in [-0.4, -0.2) is 23.5 Å². The van der Waals surface area contributed by atoms with Crippen molar-refractivity contribution >= 4 is 11.3 Å². The van der Waals surface area contributed by atoms with Gasteiger partial charge < -0.3 is 5.73 Å². The third-order valence-electron chi connectivity index (χ3n) is 5.57. The predicted molar refractivity (Wildman–Crippen MR) is 91.7 cm³/mol. The Kier molecular flexibility index (Phi) is 5.03. The van der Waals surface area contributed by atoms with E-state index in [2.05, 4.69) is 30.9 Å². The van der Waals surface area contributed by atoms with Crippen LogP contribution in [0.15, 0.2) is 12.1 Å². The van der Waals surface area contributed by atoms with E-state index in [0.717, 1.165) is 18.4 Å². The molecule has 0 radical (unpaired) electrons. The van der Waals surface area contributed by atoms with Gasteiger partial charge in [0.1, 0.15) is 0 Å². The van der Waals surface area contributed by atoms with Gasteiger partial charge in [-0.25, -0.2) is 0 Å². The number of likely N-dealkylation sites (tertiary alicyclic amines) is 1. The number of nitrogens with zero attached hydrogens (tertiary/aromatic N) is 1. The van der Waals surface area contributed by atoms with E-state index in [1.807, 2.05) is 11.3 Å². The maximum absolute atomic E-state index is 6.56. The molecule has 2 heterocycles. The maximum atomic E-state index is 6.56. The summed E-state index contributed by atoms with van der Waals surface area (Å²) in [6.07, 6.45) is 9.59. The SMILES string of the molecule is CCC(N)C(c1ccc(C)s1)N1CCCC1C1CCCC1. The minimum Gasteiger partial charge on any atom is -0.326 e. The minimum atomic E-state index is 0.269. The highest BCUT2D eigenvalue weighted by atomic mass is 32.1. The topological polar surface area (TPSA) is 29.3 Å². The van der Waals surface area contributed by atoms with Crippen LogP contribution in [0.5, 0.6) is 0 Å². The molecule has 118 valence electrons. The second kappa shape index (κ2) is 6.80. The highest BCUT2D eigenvalue weighted by Crippen LogP contribution is 2.41. The van der Waals surface area contributed by atoms with Crippen molar-refractivity contribution in [3.8, 4) is 0 Å². The molecule has 2 aliphatic rings. The van der Waals surface area contributed by atoms with Gasteiger partial charge in [-0.1, -0.05) is 19.8 Å². The summed E-state index contributed by atoms with van der Waals surface area (Å²) < 4.78 is 0. The average Bonchev–Trinajstić information content (AvgIpc) is 3.19. The summed E-state index contributed by atoms with van der Waals surface area (Å²) in [5.41, 5.74) is 6.56. The smallest absolute Gasteiger partial charge is 0.0595 e. The second-order valence-corrected chi connectivity index (χ2v) is 8.28. The quantitative estimate of drug-likeness (QED) is 0.868. The molecule has 2 N–H and O–H groups in total. The van der Waals surface area contributed by atoms with E-state index >= 15 is 0 Å². The molecule has 2 fully saturated rings. The molecule has 3 unspecified atom stereocenters. The monoisotopic (exact) mass is 306 g/mol. The molecule has 1 aliphatic carbocycles. The number of hydrogen-bond acceptors (Lipinski definition) is 3. The first kappa shape index (κ1) is 15.5. The second-order valence-electron chi connectivity index (χ2n) is 6.96. The van der Waals surface area contributed by atoms with E-state index in [0.29, 0.717) is 6.04 Å². The van der Waals surface area contributed by atoms with Gasteiger partial charge in [0.15, 0.2) is 0 Å². The Morgan fingerprint density at radius 3 is 2.62 bits per heavy atom. The standard InChI is InChI=1S/C18H30N2S/c1-3-15(19)18(17-11-10-13(2)21-17)20-12-6-9-16(20)14-7-4-5-8-14/h10-11,14-16,18H,3-9,12,19H2,1-2H3. The Bertz CT molecular complexity index is 450. The van der Waals surface area contributed by atoms with Crippen LogP contribution in [0.2, 0.25) is 0 Å². The van der Waals surface area contributed by atoms with E-state index in [1.54, 1.807) is 0 Å². The molecular formula is C18H30N2S. The molecule has 0 spiro atoms. The summed E-state index contributed by atoms with van der Waals surface area (Å²) in [4.78, 5) is 5.69. The molecule has 1 saturated heterocycles. The Morgan fingerprint density at radius 2 is 2.00 bits per heavy atom. The van der Waals surface area contributed by atoms with E-state index in [9.17, 15) is 0 Å². The molecule has 2 nitrogen and oxygen atoms in total. The number of hydrogen-bond donors (Lipinski definition) is 1. The first-order valence-corrected chi connectivity index (χ1v) is 9.60. The third kappa shape index (κ3) is 3.20. The molecule has 3 rings (SSSR count). The van der Waals surface area contributed by atoms with Crippen molar-refractivity contribution in [2.75, 3.05) is 6.54 Å². The van der Waals surface area contributed by atoms with Crippen LogP contribution in [0.3, 0.4) is 0 Å². The molecule has 3 heteroatoms. The molecular weight excluding hydrogens is 276 g/mol. The lowest BCUT2D eigenvalue weighted by Crippen LogP contribution is -2.45. The fourth-order valence-electron chi connectivity index (χ4n) is 4.46. The van der Waals surface area contributed by atoms with Crippen molar-refractivity contribution in [1.29, 1.82) is 0 Å². The molecule has 1 aromatic heterocycles. The number of thiophene rings is 1. The van der Waals surface area contributed by atoms with Crippen LogP contribution >= 0.6 is 11.3 Å². The summed E-state index contributed by atoms with van der Waals surface area (Å²) in [5.74, 6) is 0.931. The Hall–Kier alpha value is -0.380. The normalized spacial score (nSPS) is 27.3. The fraction of sp³-hybridized carbons (Fsp3) is 0.778. The molecule has 1 saturated carbocycles. The van der Waals surface area contributed by atoms with Crippen molar-refractivity contribution in [2.45, 2.75) is 76.9 Å². The highest BCUT2D eigenvalue weighted by molar-refractivity contribution is 7.12. The van der Waals surface area contributed by atoms with Gasteiger partial charge in [0.2, 0.25) is 0 Å². The van der Waals surface area contributed by atoms with Crippen LogP contribution in [0.4, 0.5) is 0 Å². The fourth-order valence-corrected chi connectivity index (χ4v) is 5.54. The molecule has 0 amide bonds. The zero-order chi connectivity index (χ0) is 14.8. The highest BCUT2D eigenvalue weighted by Gasteiger charge is 2.39. The van der Waals surface area contributed by atoms with E-state index < -0.39 is 0 Å². The number of aryl methyl sites for hydroxylation is 1. The maximum Gasteiger partial charge on any atom is 0.0595 e. The predicted octanol–water partition coefficient (Wildman–Crippen LogP) is 4.49. The molecule has 3 atom stereocenters. The summed E-state index contributed by atoms with van der Waals surface area (Å²) in [6, 6.07) is 6.09. The lowest BCUT2D eigenvalue weighted by atomic mass is 9.93. The van der Waals surface area contributed by atoms with Crippen molar-refractivity contribution in [3.05, 3.63) is 21.9 Å². The van der Waals surface area contributed by atoms with Gasteiger partial charge in [-0.2, -0.15) is 0 Å². The van der Waals surface area contributed by atoms with Gasteiger partial charge in [-0.05, 0) is 63.6 Å². The van der Waals surface area contributed by atoms with Gasteiger partial charge in [0.25, 0.3) is 0 Å². The van der Waals surface area contributed by atoms with Crippen molar-refractivity contribution in [1.82, 2.24) is 4.90 Å². The third-order valence-corrected chi connectivity index (χ3v) is 6.64. The van der Waals surface area contributed by atoms with Crippen molar-refractivity contribution in [2.24, 2.45) is 11.7 Å². The summed E-state index contributed by atoms with van der Waals surface area (Å²) in [7, 11) is 0. The van der Waals surface area contributed by atoms with Crippen LogP contribution in [0, 0.1) is 12.8 Å². The molecule has 1 aliphatic heterocycles. The Morgan fingerprint density at radius 1 is 1.24 bits per heavy atom. The lowest BCUT2D eigenvalue weighted by Gasteiger charge is -2.38. The van der Waals surface area contributed by atoms with Gasteiger partial charge in [0, 0.05) is 21.8 Å². The van der Waals surface area contributed by atoms with Crippen molar-refractivity contribution < 1.29 is 0 Å². The van der Waals surface area contributed by atoms with Crippen LogP contribution in [0.1, 0.15) is 67.7 Å². The first-order chi connectivity index (χ1) is 10.2. The summed E-state index contributed by atoms with van der Waals surface area (Å²) >= 11 is 1.95. The summed E-state index contributed by atoms with van der Waals surface area (Å²) in [5, 5.41) is 0. The van der Waals surface area contributed by atoms with E-state index in [1.165, 1.54) is 54.8 Å². The number of nitrogens with two attached hydrogens (primary N) is 1. The van der Waals surface area contributed by atoms with Crippen LogP contribution in [0.25, 0.3) is 0 Å². The van der Waals surface area contributed by atoms with E-state index in [4.69, 9.17) is 5.73 Å². The Balaban J connectivity index is 1.84. The van der Waals surface area contributed by atoms with Gasteiger partial charge in [-0.3, -0.25) is 4.90 Å². The summed E-state index contributed by atoms with van der Waals surface area (Å²) in [6.45, 7) is 5.69. The largest absolute Gasteiger partial charge is 0.326 e. The minimum absolute atomic E-state index is 0.269. The molecule has 0 bridgehead atoms. The van der Waals surface area contributed by atoms with Gasteiger partial charge in [-0.15, -0.1) is 11.3 Å². The molecule has 0 aromatic carbocycles. The molecule has 21 heavy (non-hydrogen) atoms. The van der Waals surface area contributed by atoms with Crippen molar-refractivity contribution in [3.63, 3.8) is 0 Å². The van der Waals surface area contributed by atoms with Gasteiger partial charge >= 0.3 is 0 Å². The average molecular weight is 307 g/mol. The lowest BCUT2D eigenvalue weighted by molar-refractivity contribution is 0.117. The zero-order valence-corrected chi connectivity index (χ0v) is 14.4. The number of rotatable bonds is 5. The van der Waals surface area contributed by atoms with Gasteiger partial charge in [0.05, 0.1) is 6.04 Å².